The topological polar surface area (TPSA) is 138 Å². The Kier molecular flexibility index (Phi) is 14.5. The molecule has 0 aliphatic rings. The Hall–Kier alpha value is -3.57. The Morgan fingerprint density at radius 2 is 1.20 bits per heavy atom. The average Bonchev–Trinajstić information content (AvgIpc) is 2.80. The van der Waals surface area contributed by atoms with Crippen molar-refractivity contribution in [2.45, 2.75) is 51.0 Å². The summed E-state index contributed by atoms with van der Waals surface area (Å²) in [7, 11) is 0. The van der Waals surface area contributed by atoms with Crippen LogP contribution in [-0.4, -0.2) is 93.9 Å². The fraction of sp³-hybridized carbons (Fsp3) is 0.636. The summed E-state index contributed by atoms with van der Waals surface area (Å²) in [6.07, 6.45) is -20.5. The molecule has 0 fully saturated rings. The standard InChI is InChI=1S/C22H29F7N2O9/c1-12(2)15(32)36-8-6-30-18(34)39-11-14(40-19(35)31-7-9-37-16(33)13(3)4)10-38-17(21(24,25)26)20(5,23)22(27,28)29/h14,17H,1,3,6-11H2,2,4-5H3,(H,30,34)(H,31,35). The van der Waals surface area contributed by atoms with Crippen molar-refractivity contribution < 1.29 is 73.6 Å². The van der Waals surface area contributed by atoms with Crippen LogP contribution in [0.3, 0.4) is 0 Å². The van der Waals surface area contributed by atoms with Gasteiger partial charge in [-0.2, -0.15) is 26.3 Å². The first-order chi connectivity index (χ1) is 18.2. The Labute approximate surface area is 223 Å². The van der Waals surface area contributed by atoms with Crippen molar-refractivity contribution in [3.8, 4) is 0 Å². The molecule has 0 aliphatic heterocycles. The summed E-state index contributed by atoms with van der Waals surface area (Å²) < 4.78 is 115. The molecule has 0 aromatic rings. The minimum absolute atomic E-state index is 0.0436. The van der Waals surface area contributed by atoms with E-state index >= 15 is 0 Å². The van der Waals surface area contributed by atoms with Crippen LogP contribution in [0.5, 0.6) is 0 Å². The molecule has 0 radical (unpaired) electrons. The van der Waals surface area contributed by atoms with Gasteiger partial charge in [0.2, 0.25) is 5.67 Å². The number of alkyl halides is 7. The second-order valence-electron chi connectivity index (χ2n) is 8.14. The molecule has 3 atom stereocenters. The zero-order valence-corrected chi connectivity index (χ0v) is 21.6. The smallest absolute Gasteiger partial charge is 0.425 e. The van der Waals surface area contributed by atoms with Gasteiger partial charge in [-0.05, 0) is 20.8 Å². The molecule has 230 valence electrons. The van der Waals surface area contributed by atoms with Crippen LogP contribution in [0, 0.1) is 0 Å². The Bertz CT molecular complexity index is 921. The highest BCUT2D eigenvalue weighted by Crippen LogP contribution is 2.43. The van der Waals surface area contributed by atoms with Crippen LogP contribution in [0.2, 0.25) is 0 Å². The highest BCUT2D eigenvalue weighted by Gasteiger charge is 2.66. The van der Waals surface area contributed by atoms with Gasteiger partial charge in [0.1, 0.15) is 19.8 Å². The Morgan fingerprint density at radius 1 is 0.750 bits per heavy atom. The SMILES string of the molecule is C=C(C)C(=O)OCCNC(=O)OCC(COC(C(F)(F)F)C(C)(F)C(F)(F)F)OC(=O)NCCOC(=O)C(=C)C. The van der Waals surface area contributed by atoms with Crippen LogP contribution in [0.15, 0.2) is 24.3 Å². The quantitative estimate of drug-likeness (QED) is 0.0956. The minimum atomic E-state index is -5.99. The molecule has 0 rings (SSSR count). The number of hydrogen-bond acceptors (Lipinski definition) is 9. The van der Waals surface area contributed by atoms with Crippen molar-refractivity contribution in [3.05, 3.63) is 24.3 Å². The van der Waals surface area contributed by atoms with Gasteiger partial charge in [-0.25, -0.2) is 23.6 Å². The van der Waals surface area contributed by atoms with Gasteiger partial charge in [-0.3, -0.25) is 0 Å². The molecule has 0 saturated carbocycles. The van der Waals surface area contributed by atoms with Crippen LogP contribution >= 0.6 is 0 Å². The first-order valence-electron chi connectivity index (χ1n) is 11.1. The number of halogens is 7. The van der Waals surface area contributed by atoms with Gasteiger partial charge in [0, 0.05) is 11.1 Å². The lowest BCUT2D eigenvalue weighted by Gasteiger charge is -2.34. The van der Waals surface area contributed by atoms with E-state index in [0.717, 1.165) is 0 Å². The summed E-state index contributed by atoms with van der Waals surface area (Å²) in [5.41, 5.74) is -4.78. The van der Waals surface area contributed by atoms with Crippen molar-refractivity contribution in [1.82, 2.24) is 10.6 Å². The van der Waals surface area contributed by atoms with Gasteiger partial charge in [0.25, 0.3) is 0 Å². The van der Waals surface area contributed by atoms with Crippen molar-refractivity contribution in [1.29, 1.82) is 0 Å². The number of amides is 2. The summed E-state index contributed by atoms with van der Waals surface area (Å²) in [6, 6.07) is 0. The Morgan fingerprint density at radius 3 is 1.60 bits per heavy atom. The van der Waals surface area contributed by atoms with Crippen molar-refractivity contribution >= 4 is 24.1 Å². The molecule has 0 aromatic carbocycles. The molecular formula is C22H29F7N2O9. The van der Waals surface area contributed by atoms with E-state index in [1.54, 1.807) is 0 Å². The molecule has 11 nitrogen and oxygen atoms in total. The molecule has 0 saturated heterocycles. The van der Waals surface area contributed by atoms with Crippen molar-refractivity contribution in [3.63, 3.8) is 0 Å². The maximum absolute atomic E-state index is 14.1. The molecule has 0 spiro atoms. The lowest BCUT2D eigenvalue weighted by atomic mass is 10.00. The number of esters is 2. The number of rotatable bonds is 15. The molecule has 2 amide bonds. The average molecular weight is 598 g/mol. The largest absolute Gasteiger partial charge is 0.460 e. The van der Waals surface area contributed by atoms with E-state index in [-0.39, 0.29) is 37.8 Å². The number of nitrogens with one attached hydrogen (secondary N) is 2. The first kappa shape index (κ1) is 36.4. The van der Waals surface area contributed by atoms with Gasteiger partial charge in [-0.1, -0.05) is 13.2 Å². The molecular weight excluding hydrogens is 569 g/mol. The Balaban J connectivity index is 5.27. The summed E-state index contributed by atoms with van der Waals surface area (Å²) in [4.78, 5) is 46.3. The number of carbonyl (C=O) groups excluding carboxylic acids is 4. The van der Waals surface area contributed by atoms with Gasteiger partial charge in [0.05, 0.1) is 19.7 Å². The molecule has 2 N–H and O–H groups in total. The molecule has 3 unspecified atom stereocenters. The van der Waals surface area contributed by atoms with E-state index in [0.29, 0.717) is 0 Å². The van der Waals surface area contributed by atoms with Crippen LogP contribution in [-0.2, 0) is 33.3 Å². The number of alkyl carbamates (subject to hydrolysis) is 2. The maximum Gasteiger partial charge on any atom is 0.425 e. The molecule has 0 aliphatic carbocycles. The van der Waals surface area contributed by atoms with E-state index < -0.39 is 74.2 Å². The third-order valence-electron chi connectivity index (χ3n) is 4.37. The van der Waals surface area contributed by atoms with Crippen LogP contribution in [0.25, 0.3) is 0 Å². The predicted molar refractivity (Wildman–Crippen MR) is 121 cm³/mol. The van der Waals surface area contributed by atoms with Crippen molar-refractivity contribution in [2.24, 2.45) is 0 Å². The van der Waals surface area contributed by atoms with Crippen molar-refractivity contribution in [2.75, 3.05) is 39.5 Å². The fourth-order valence-corrected chi connectivity index (χ4v) is 2.28. The van der Waals surface area contributed by atoms with E-state index in [2.05, 4.69) is 37.4 Å². The molecule has 0 bridgehead atoms. The molecule has 40 heavy (non-hydrogen) atoms. The number of carbonyl (C=O) groups is 4. The number of ether oxygens (including phenoxy) is 5. The third-order valence-corrected chi connectivity index (χ3v) is 4.37. The van der Waals surface area contributed by atoms with Gasteiger partial charge in [0.15, 0.2) is 12.2 Å². The monoisotopic (exact) mass is 598 g/mol. The van der Waals surface area contributed by atoms with Crippen LogP contribution in [0.1, 0.15) is 20.8 Å². The molecule has 0 heterocycles. The second-order valence-corrected chi connectivity index (χ2v) is 8.14. The molecule has 18 heteroatoms. The van der Waals surface area contributed by atoms with Gasteiger partial charge < -0.3 is 34.3 Å². The second kappa shape index (κ2) is 15.9. The third kappa shape index (κ3) is 13.5. The summed E-state index contributed by atoms with van der Waals surface area (Å²) >= 11 is 0. The van der Waals surface area contributed by atoms with Gasteiger partial charge in [-0.15, -0.1) is 0 Å². The highest BCUT2D eigenvalue weighted by molar-refractivity contribution is 5.87. The molecule has 0 aromatic heterocycles. The zero-order valence-electron chi connectivity index (χ0n) is 21.6. The predicted octanol–water partition coefficient (Wildman–Crippen LogP) is 3.28. The number of hydrogen-bond donors (Lipinski definition) is 2. The summed E-state index contributed by atoms with van der Waals surface area (Å²) in [5.74, 6) is -1.56. The normalized spacial score (nSPS) is 14.6. The first-order valence-corrected chi connectivity index (χ1v) is 11.1. The fourth-order valence-electron chi connectivity index (χ4n) is 2.28. The van der Waals surface area contributed by atoms with E-state index in [9.17, 15) is 49.9 Å². The van der Waals surface area contributed by atoms with Crippen LogP contribution < -0.4 is 10.6 Å². The summed E-state index contributed by atoms with van der Waals surface area (Å²) in [5, 5.41) is 4.09. The zero-order chi connectivity index (χ0) is 31.3. The minimum Gasteiger partial charge on any atom is -0.460 e. The lowest BCUT2D eigenvalue weighted by molar-refractivity contribution is -0.325. The van der Waals surface area contributed by atoms with E-state index in [4.69, 9.17) is 4.74 Å². The lowest BCUT2D eigenvalue weighted by Crippen LogP contribution is -2.57. The van der Waals surface area contributed by atoms with E-state index in [1.165, 1.54) is 13.8 Å². The maximum atomic E-state index is 14.1. The van der Waals surface area contributed by atoms with Gasteiger partial charge >= 0.3 is 36.5 Å². The van der Waals surface area contributed by atoms with E-state index in [1.807, 2.05) is 5.32 Å². The summed E-state index contributed by atoms with van der Waals surface area (Å²) in [6.45, 7) is 5.00. The van der Waals surface area contributed by atoms with Crippen LogP contribution in [0.4, 0.5) is 40.3 Å². The highest BCUT2D eigenvalue weighted by atomic mass is 19.4.